The number of aliphatic hydroxyl groups excluding tert-OH is 1. The Hall–Kier alpha value is -3.72. The standard InChI is InChI=1S/C30H40N2O7/c1-8-15-39-22-12-11-20(16-19(22)4)27(33)25-26(21-17-23(36-5)29(38-7)24(18-21)37-6)32(30(35)28(25)34)14-13-31(9-2)10-3/h11-12,16-18,26,33H,8-10,13-15H2,1-7H3/b27-25+. The number of ether oxygens (including phenoxy) is 4. The number of aliphatic hydroxyl groups is 1. The average molecular weight is 541 g/mol. The van der Waals surface area contributed by atoms with Gasteiger partial charge in [0.1, 0.15) is 11.5 Å². The summed E-state index contributed by atoms with van der Waals surface area (Å²) in [5, 5.41) is 11.5. The molecular formula is C30H40N2O7. The quantitative estimate of drug-likeness (QED) is 0.224. The fraction of sp³-hybridized carbons (Fsp3) is 0.467. The Balaban J connectivity index is 2.20. The SMILES string of the molecule is CCCOc1ccc(/C(O)=C2\C(=O)C(=O)N(CCN(CC)CC)C2c2cc(OC)c(OC)c(OC)c2)cc1C. The van der Waals surface area contributed by atoms with Crippen LogP contribution in [-0.4, -0.2) is 80.7 Å². The van der Waals surface area contributed by atoms with Gasteiger partial charge in [-0.15, -0.1) is 0 Å². The highest BCUT2D eigenvalue weighted by molar-refractivity contribution is 6.46. The molecule has 212 valence electrons. The van der Waals surface area contributed by atoms with Crippen LogP contribution in [0.2, 0.25) is 0 Å². The highest BCUT2D eigenvalue weighted by Crippen LogP contribution is 2.45. The number of benzene rings is 2. The maximum Gasteiger partial charge on any atom is 0.295 e. The smallest absolute Gasteiger partial charge is 0.295 e. The van der Waals surface area contributed by atoms with E-state index < -0.39 is 17.7 Å². The van der Waals surface area contributed by atoms with Crippen molar-refractivity contribution in [3.63, 3.8) is 0 Å². The van der Waals surface area contributed by atoms with E-state index in [1.54, 1.807) is 30.3 Å². The Bertz CT molecular complexity index is 1190. The summed E-state index contributed by atoms with van der Waals surface area (Å²) in [7, 11) is 4.51. The van der Waals surface area contributed by atoms with Gasteiger partial charge in [0.25, 0.3) is 11.7 Å². The van der Waals surface area contributed by atoms with Gasteiger partial charge in [-0.3, -0.25) is 9.59 Å². The van der Waals surface area contributed by atoms with Gasteiger partial charge >= 0.3 is 0 Å². The Morgan fingerprint density at radius 2 is 1.59 bits per heavy atom. The number of rotatable bonds is 13. The van der Waals surface area contributed by atoms with Crippen molar-refractivity contribution < 1.29 is 33.6 Å². The van der Waals surface area contributed by atoms with Crippen LogP contribution in [0.1, 0.15) is 49.9 Å². The number of carbonyl (C=O) groups excluding carboxylic acids is 2. The number of hydrogen-bond acceptors (Lipinski definition) is 8. The lowest BCUT2D eigenvalue weighted by molar-refractivity contribution is -0.140. The summed E-state index contributed by atoms with van der Waals surface area (Å²) in [6.45, 7) is 11.1. The van der Waals surface area contributed by atoms with Gasteiger partial charge in [0, 0.05) is 18.7 Å². The first-order chi connectivity index (χ1) is 18.8. The van der Waals surface area contributed by atoms with Crippen molar-refractivity contribution >= 4 is 17.4 Å². The minimum Gasteiger partial charge on any atom is -0.507 e. The fourth-order valence-corrected chi connectivity index (χ4v) is 4.83. The van der Waals surface area contributed by atoms with Crippen LogP contribution in [0.5, 0.6) is 23.0 Å². The molecule has 39 heavy (non-hydrogen) atoms. The van der Waals surface area contributed by atoms with E-state index in [1.165, 1.54) is 26.2 Å². The molecule has 2 aromatic carbocycles. The van der Waals surface area contributed by atoms with E-state index in [-0.39, 0.29) is 11.3 Å². The Kier molecular flexibility index (Phi) is 10.2. The fourth-order valence-electron chi connectivity index (χ4n) is 4.83. The van der Waals surface area contributed by atoms with Gasteiger partial charge in [0.05, 0.1) is 39.6 Å². The third-order valence-corrected chi connectivity index (χ3v) is 7.00. The van der Waals surface area contributed by atoms with Crippen molar-refractivity contribution in [1.29, 1.82) is 0 Å². The molecule has 2 aromatic rings. The van der Waals surface area contributed by atoms with E-state index in [9.17, 15) is 14.7 Å². The van der Waals surface area contributed by atoms with Gasteiger partial charge in [-0.25, -0.2) is 0 Å². The maximum absolute atomic E-state index is 13.5. The van der Waals surface area contributed by atoms with Crippen molar-refractivity contribution in [3.05, 3.63) is 52.6 Å². The molecule has 1 aliphatic heterocycles. The van der Waals surface area contributed by atoms with Crippen LogP contribution in [-0.2, 0) is 9.59 Å². The predicted molar refractivity (Wildman–Crippen MR) is 150 cm³/mol. The van der Waals surface area contributed by atoms with E-state index in [1.807, 2.05) is 27.7 Å². The molecular weight excluding hydrogens is 500 g/mol. The second kappa shape index (κ2) is 13.4. The Labute approximate surface area is 230 Å². The molecule has 1 atom stereocenters. The van der Waals surface area contributed by atoms with Gasteiger partial charge in [-0.05, 0) is 67.9 Å². The second-order valence-electron chi connectivity index (χ2n) is 9.31. The van der Waals surface area contributed by atoms with Crippen molar-refractivity contribution in [2.75, 3.05) is 54.1 Å². The molecule has 1 N–H and O–H groups in total. The molecule has 1 fully saturated rings. The number of aryl methyl sites for hydroxylation is 1. The molecule has 0 bridgehead atoms. The van der Waals surface area contributed by atoms with Gasteiger partial charge in [-0.1, -0.05) is 20.8 Å². The summed E-state index contributed by atoms with van der Waals surface area (Å²) in [5.41, 5.74) is 1.81. The molecule has 1 heterocycles. The topological polar surface area (TPSA) is 97.8 Å². The van der Waals surface area contributed by atoms with E-state index in [2.05, 4.69) is 4.90 Å². The minimum absolute atomic E-state index is 0.00967. The monoisotopic (exact) mass is 540 g/mol. The van der Waals surface area contributed by atoms with Crippen molar-refractivity contribution in [1.82, 2.24) is 9.80 Å². The second-order valence-corrected chi connectivity index (χ2v) is 9.31. The molecule has 1 saturated heterocycles. The van der Waals surface area contributed by atoms with Crippen LogP contribution in [0.3, 0.4) is 0 Å². The number of amides is 1. The summed E-state index contributed by atoms with van der Waals surface area (Å²) in [4.78, 5) is 30.6. The summed E-state index contributed by atoms with van der Waals surface area (Å²) >= 11 is 0. The summed E-state index contributed by atoms with van der Waals surface area (Å²) in [6.07, 6.45) is 0.868. The van der Waals surface area contributed by atoms with E-state index in [0.29, 0.717) is 53.8 Å². The number of ketones is 1. The predicted octanol–water partition coefficient (Wildman–Crippen LogP) is 4.57. The largest absolute Gasteiger partial charge is 0.507 e. The number of nitrogens with zero attached hydrogens (tertiary/aromatic N) is 2. The molecule has 0 saturated carbocycles. The number of carbonyl (C=O) groups is 2. The van der Waals surface area contributed by atoms with Crippen molar-refractivity contribution in [2.45, 2.75) is 40.2 Å². The number of likely N-dealkylation sites (tertiary alicyclic amines) is 1. The van der Waals surface area contributed by atoms with Gasteiger partial charge < -0.3 is 33.9 Å². The lowest BCUT2D eigenvalue weighted by Crippen LogP contribution is -2.38. The zero-order valence-corrected chi connectivity index (χ0v) is 24.0. The summed E-state index contributed by atoms with van der Waals surface area (Å²) in [6, 6.07) is 7.79. The summed E-state index contributed by atoms with van der Waals surface area (Å²) in [5.74, 6) is 0.208. The molecule has 0 radical (unpaired) electrons. The van der Waals surface area contributed by atoms with Gasteiger partial charge in [0.2, 0.25) is 5.75 Å². The Morgan fingerprint density at radius 3 is 2.10 bits per heavy atom. The molecule has 0 aliphatic carbocycles. The van der Waals surface area contributed by atoms with Crippen LogP contribution in [0.25, 0.3) is 5.76 Å². The molecule has 1 amide bonds. The first kappa shape index (κ1) is 29.8. The molecule has 3 rings (SSSR count). The number of likely N-dealkylation sites (N-methyl/N-ethyl adjacent to an activating group) is 1. The molecule has 0 aromatic heterocycles. The lowest BCUT2D eigenvalue weighted by atomic mass is 9.94. The van der Waals surface area contributed by atoms with E-state index >= 15 is 0 Å². The number of methoxy groups -OCH3 is 3. The third kappa shape index (κ3) is 6.14. The summed E-state index contributed by atoms with van der Waals surface area (Å²) < 4.78 is 22.3. The molecule has 1 unspecified atom stereocenters. The average Bonchev–Trinajstić information content (AvgIpc) is 3.20. The lowest BCUT2D eigenvalue weighted by Gasteiger charge is -2.29. The highest BCUT2D eigenvalue weighted by Gasteiger charge is 2.46. The number of Topliss-reactive ketones (excluding diaryl/α,β-unsaturated/α-hetero) is 1. The first-order valence-electron chi connectivity index (χ1n) is 13.3. The highest BCUT2D eigenvalue weighted by atomic mass is 16.5. The minimum atomic E-state index is -0.856. The van der Waals surface area contributed by atoms with E-state index in [4.69, 9.17) is 18.9 Å². The van der Waals surface area contributed by atoms with Gasteiger partial charge in [0.15, 0.2) is 11.5 Å². The van der Waals surface area contributed by atoms with Crippen LogP contribution in [0, 0.1) is 6.92 Å². The van der Waals surface area contributed by atoms with Crippen LogP contribution in [0.15, 0.2) is 35.9 Å². The van der Waals surface area contributed by atoms with Crippen molar-refractivity contribution in [3.8, 4) is 23.0 Å². The normalized spacial score (nSPS) is 16.6. The third-order valence-electron chi connectivity index (χ3n) is 7.00. The maximum atomic E-state index is 13.5. The van der Waals surface area contributed by atoms with Crippen molar-refractivity contribution in [2.24, 2.45) is 0 Å². The van der Waals surface area contributed by atoms with Crippen LogP contribution < -0.4 is 18.9 Å². The Morgan fingerprint density at radius 1 is 0.949 bits per heavy atom. The zero-order valence-electron chi connectivity index (χ0n) is 24.0. The number of hydrogen-bond donors (Lipinski definition) is 1. The molecule has 9 heteroatoms. The van der Waals surface area contributed by atoms with Crippen LogP contribution >= 0.6 is 0 Å². The molecule has 9 nitrogen and oxygen atoms in total. The first-order valence-corrected chi connectivity index (χ1v) is 13.3. The van der Waals surface area contributed by atoms with Crippen LogP contribution in [0.4, 0.5) is 0 Å². The van der Waals surface area contributed by atoms with E-state index in [0.717, 1.165) is 25.1 Å². The van der Waals surface area contributed by atoms with Gasteiger partial charge in [-0.2, -0.15) is 0 Å². The zero-order chi connectivity index (χ0) is 28.7. The molecule has 1 aliphatic rings. The molecule has 0 spiro atoms.